The highest BCUT2D eigenvalue weighted by Crippen LogP contribution is 2.26. The number of para-hydroxylation sites is 2. The number of hydrogen-bond acceptors (Lipinski definition) is 5. The maximum absolute atomic E-state index is 13.0. The number of nitrogens with zero attached hydrogens (tertiary/aromatic N) is 3. The van der Waals surface area contributed by atoms with E-state index in [9.17, 15) is 9.59 Å². The van der Waals surface area contributed by atoms with Crippen LogP contribution in [0, 0.1) is 0 Å². The summed E-state index contributed by atoms with van der Waals surface area (Å²) in [5.41, 5.74) is 8.31. The first-order valence-corrected chi connectivity index (χ1v) is 11.5. The standard InChI is InChI=1S/C27H31N5O2/c1-27(2)19-31(16-17-32(27)25(33)15-12-20-8-4-3-5-9-20)24-14-13-21(18-29-24)26(34)30-23-11-7-6-10-22(23)28/h3-11,13-14,18H,12,15-17,19,28H2,1-2H3,(H,30,34). The molecule has 1 saturated heterocycles. The summed E-state index contributed by atoms with van der Waals surface area (Å²) in [5.74, 6) is 0.708. The van der Waals surface area contributed by atoms with Crippen molar-refractivity contribution in [2.24, 2.45) is 0 Å². The van der Waals surface area contributed by atoms with Gasteiger partial charge in [0, 0.05) is 32.3 Å². The lowest BCUT2D eigenvalue weighted by atomic mass is 9.97. The number of nitrogens with two attached hydrogens (primary N) is 1. The number of nitrogens with one attached hydrogen (secondary N) is 1. The second-order valence-corrected chi connectivity index (χ2v) is 9.21. The van der Waals surface area contributed by atoms with E-state index in [1.54, 1.807) is 24.4 Å². The fourth-order valence-electron chi connectivity index (χ4n) is 4.36. The first kappa shape index (κ1) is 23.3. The largest absolute Gasteiger partial charge is 0.397 e. The third-order valence-corrected chi connectivity index (χ3v) is 6.22. The monoisotopic (exact) mass is 457 g/mol. The molecule has 4 rings (SSSR count). The van der Waals surface area contributed by atoms with E-state index in [0.717, 1.165) is 12.2 Å². The zero-order valence-corrected chi connectivity index (χ0v) is 19.7. The average Bonchev–Trinajstić information content (AvgIpc) is 2.84. The first-order chi connectivity index (χ1) is 16.3. The highest BCUT2D eigenvalue weighted by atomic mass is 16.2. The van der Waals surface area contributed by atoms with Crippen molar-refractivity contribution in [3.8, 4) is 0 Å². The van der Waals surface area contributed by atoms with Gasteiger partial charge in [-0.2, -0.15) is 0 Å². The van der Waals surface area contributed by atoms with E-state index < -0.39 is 0 Å². The van der Waals surface area contributed by atoms with Crippen LogP contribution in [-0.2, 0) is 11.2 Å². The van der Waals surface area contributed by atoms with Crippen LogP contribution < -0.4 is 16.0 Å². The molecule has 176 valence electrons. The number of aromatic nitrogens is 1. The number of pyridine rings is 1. The lowest BCUT2D eigenvalue weighted by Gasteiger charge is -2.47. The Hall–Kier alpha value is -3.87. The molecule has 0 saturated carbocycles. The molecule has 2 aromatic carbocycles. The molecule has 1 fully saturated rings. The minimum Gasteiger partial charge on any atom is -0.397 e. The Balaban J connectivity index is 1.36. The predicted molar refractivity (Wildman–Crippen MR) is 136 cm³/mol. The molecule has 7 heteroatoms. The summed E-state index contributed by atoms with van der Waals surface area (Å²) in [6.45, 7) is 6.18. The molecule has 3 N–H and O–H groups in total. The van der Waals surface area contributed by atoms with Crippen LogP contribution in [0.2, 0.25) is 0 Å². The summed E-state index contributed by atoms with van der Waals surface area (Å²) in [5, 5.41) is 2.82. The van der Waals surface area contributed by atoms with Crippen molar-refractivity contribution in [2.75, 3.05) is 35.6 Å². The van der Waals surface area contributed by atoms with E-state index in [0.29, 0.717) is 43.0 Å². The summed E-state index contributed by atoms with van der Waals surface area (Å²) >= 11 is 0. The number of aryl methyl sites for hydroxylation is 1. The highest BCUT2D eigenvalue weighted by Gasteiger charge is 2.36. The van der Waals surface area contributed by atoms with Crippen LogP contribution in [-0.4, -0.2) is 46.9 Å². The summed E-state index contributed by atoms with van der Waals surface area (Å²) in [6.07, 6.45) is 2.82. The van der Waals surface area contributed by atoms with Gasteiger partial charge in [-0.15, -0.1) is 0 Å². The minimum absolute atomic E-state index is 0.175. The number of rotatable bonds is 6. The van der Waals surface area contributed by atoms with Crippen LogP contribution in [0.15, 0.2) is 72.9 Å². The molecule has 7 nitrogen and oxygen atoms in total. The van der Waals surface area contributed by atoms with Crippen molar-refractivity contribution in [3.63, 3.8) is 0 Å². The normalized spacial score (nSPS) is 15.1. The second-order valence-electron chi connectivity index (χ2n) is 9.21. The van der Waals surface area contributed by atoms with E-state index in [4.69, 9.17) is 5.73 Å². The van der Waals surface area contributed by atoms with Gasteiger partial charge in [0.2, 0.25) is 5.91 Å². The van der Waals surface area contributed by atoms with Gasteiger partial charge in [-0.05, 0) is 50.1 Å². The summed E-state index contributed by atoms with van der Waals surface area (Å²) in [6, 6.07) is 20.9. The molecule has 0 bridgehead atoms. The van der Waals surface area contributed by atoms with Crippen molar-refractivity contribution < 1.29 is 9.59 Å². The highest BCUT2D eigenvalue weighted by molar-refractivity contribution is 6.05. The maximum atomic E-state index is 13.0. The Morgan fingerprint density at radius 2 is 1.74 bits per heavy atom. The van der Waals surface area contributed by atoms with Crippen molar-refractivity contribution >= 4 is 29.0 Å². The smallest absolute Gasteiger partial charge is 0.257 e. The predicted octanol–water partition coefficient (Wildman–Crippen LogP) is 3.98. The van der Waals surface area contributed by atoms with Gasteiger partial charge in [0.25, 0.3) is 5.91 Å². The van der Waals surface area contributed by atoms with Crippen LogP contribution in [0.4, 0.5) is 17.2 Å². The van der Waals surface area contributed by atoms with Crippen LogP contribution in [0.1, 0.15) is 36.2 Å². The first-order valence-electron chi connectivity index (χ1n) is 11.5. The van der Waals surface area contributed by atoms with Crippen molar-refractivity contribution in [1.29, 1.82) is 0 Å². The van der Waals surface area contributed by atoms with Gasteiger partial charge >= 0.3 is 0 Å². The third-order valence-electron chi connectivity index (χ3n) is 6.22. The molecule has 1 aliphatic heterocycles. The van der Waals surface area contributed by atoms with Crippen molar-refractivity contribution in [2.45, 2.75) is 32.2 Å². The summed E-state index contributed by atoms with van der Waals surface area (Å²) in [7, 11) is 0. The van der Waals surface area contributed by atoms with Gasteiger partial charge in [0.1, 0.15) is 5.82 Å². The SMILES string of the molecule is CC1(C)CN(c2ccc(C(=O)Nc3ccccc3N)cn2)CCN1C(=O)CCc1ccccc1. The maximum Gasteiger partial charge on any atom is 0.257 e. The number of piperazine rings is 1. The zero-order valence-electron chi connectivity index (χ0n) is 19.7. The average molecular weight is 458 g/mol. The van der Waals surface area contributed by atoms with Gasteiger partial charge in [-0.1, -0.05) is 42.5 Å². The van der Waals surface area contributed by atoms with Gasteiger partial charge < -0.3 is 20.9 Å². The molecule has 1 aromatic heterocycles. The molecule has 3 aromatic rings. The molecular formula is C27H31N5O2. The fourth-order valence-corrected chi connectivity index (χ4v) is 4.36. The Morgan fingerprint density at radius 1 is 1.00 bits per heavy atom. The van der Waals surface area contributed by atoms with Crippen LogP contribution in [0.5, 0.6) is 0 Å². The molecule has 0 aliphatic carbocycles. The van der Waals surface area contributed by atoms with Crippen LogP contribution >= 0.6 is 0 Å². The molecular weight excluding hydrogens is 426 g/mol. The Morgan fingerprint density at radius 3 is 2.41 bits per heavy atom. The fraction of sp³-hybridized carbons (Fsp3) is 0.296. The second kappa shape index (κ2) is 9.95. The van der Waals surface area contributed by atoms with Crippen LogP contribution in [0.25, 0.3) is 0 Å². The molecule has 2 amide bonds. The van der Waals surface area contributed by atoms with E-state index in [1.807, 2.05) is 41.3 Å². The number of carbonyl (C=O) groups excluding carboxylic acids is 2. The zero-order chi connectivity index (χ0) is 24.1. The van der Waals surface area contributed by atoms with Gasteiger partial charge in [-0.25, -0.2) is 4.98 Å². The Kier molecular flexibility index (Phi) is 6.82. The minimum atomic E-state index is -0.325. The molecule has 1 aliphatic rings. The van der Waals surface area contributed by atoms with E-state index in [-0.39, 0.29) is 17.4 Å². The Bertz CT molecular complexity index is 1150. The molecule has 0 atom stereocenters. The summed E-state index contributed by atoms with van der Waals surface area (Å²) in [4.78, 5) is 34.2. The van der Waals surface area contributed by atoms with Crippen molar-refractivity contribution in [3.05, 3.63) is 84.1 Å². The van der Waals surface area contributed by atoms with E-state index in [1.165, 1.54) is 5.56 Å². The lowest BCUT2D eigenvalue weighted by molar-refractivity contribution is -0.137. The van der Waals surface area contributed by atoms with Gasteiger partial charge in [0.15, 0.2) is 0 Å². The van der Waals surface area contributed by atoms with Gasteiger partial charge in [-0.3, -0.25) is 9.59 Å². The molecule has 0 radical (unpaired) electrons. The molecule has 2 heterocycles. The quantitative estimate of drug-likeness (QED) is 0.547. The Labute approximate surface area is 200 Å². The number of anilines is 3. The molecule has 34 heavy (non-hydrogen) atoms. The van der Waals surface area contributed by atoms with Gasteiger partial charge in [0.05, 0.1) is 22.5 Å². The third kappa shape index (κ3) is 5.36. The van der Waals surface area contributed by atoms with Crippen molar-refractivity contribution in [1.82, 2.24) is 9.88 Å². The summed E-state index contributed by atoms with van der Waals surface area (Å²) < 4.78 is 0. The number of hydrogen-bond donors (Lipinski definition) is 2. The lowest BCUT2D eigenvalue weighted by Crippen LogP contribution is -2.61. The van der Waals surface area contributed by atoms with Crippen LogP contribution in [0.3, 0.4) is 0 Å². The number of benzene rings is 2. The van der Waals surface area contributed by atoms with E-state index in [2.05, 4.69) is 41.2 Å². The molecule has 0 spiro atoms. The number of carbonyl (C=O) groups is 2. The topological polar surface area (TPSA) is 91.6 Å². The molecule has 0 unspecified atom stereocenters. The van der Waals surface area contributed by atoms with E-state index >= 15 is 0 Å². The number of amides is 2. The number of nitrogen functional groups attached to an aromatic ring is 1.